The Bertz CT molecular complexity index is 477. The second-order valence-corrected chi connectivity index (χ2v) is 6.66. The van der Waals surface area contributed by atoms with Crippen molar-refractivity contribution in [3.05, 3.63) is 34.3 Å². The predicted molar refractivity (Wildman–Crippen MR) is 82.4 cm³/mol. The normalized spacial score (nSPS) is 27.3. The van der Waals surface area contributed by atoms with E-state index in [4.69, 9.17) is 10.5 Å². The number of carbonyl (C=O) groups excluding carboxylic acids is 1. The lowest BCUT2D eigenvalue weighted by Gasteiger charge is -2.27. The number of amides is 1. The van der Waals surface area contributed by atoms with E-state index in [1.165, 1.54) is 5.56 Å². The highest BCUT2D eigenvalue weighted by Crippen LogP contribution is 2.27. The highest BCUT2D eigenvalue weighted by Gasteiger charge is 2.44. The van der Waals surface area contributed by atoms with Crippen molar-refractivity contribution in [2.75, 3.05) is 13.2 Å². The molecule has 3 N–H and O–H groups in total. The van der Waals surface area contributed by atoms with E-state index in [1.807, 2.05) is 26.0 Å². The van der Waals surface area contributed by atoms with Gasteiger partial charge in [0.1, 0.15) is 0 Å². The van der Waals surface area contributed by atoms with Crippen molar-refractivity contribution in [3.63, 3.8) is 0 Å². The first kappa shape index (κ1) is 15.5. The average Bonchev–Trinajstić information content (AvgIpc) is 2.74. The number of carbonyl (C=O) groups is 1. The number of hydrogen-bond acceptors (Lipinski definition) is 3. The van der Waals surface area contributed by atoms with Gasteiger partial charge in [0.25, 0.3) is 0 Å². The molecule has 1 aromatic carbocycles. The molecule has 1 aromatic rings. The molecule has 1 aliphatic rings. The third-order valence-electron chi connectivity index (χ3n) is 3.87. The Morgan fingerprint density at radius 2 is 2.20 bits per heavy atom. The fourth-order valence-corrected chi connectivity index (χ4v) is 2.60. The minimum Gasteiger partial charge on any atom is -0.379 e. The molecule has 1 amide bonds. The van der Waals surface area contributed by atoms with Crippen LogP contribution in [-0.2, 0) is 16.0 Å². The molecule has 0 bridgehead atoms. The molecule has 20 heavy (non-hydrogen) atoms. The lowest BCUT2D eigenvalue weighted by atomic mass is 9.84. The Kier molecular flexibility index (Phi) is 4.83. The van der Waals surface area contributed by atoms with Crippen LogP contribution in [0.15, 0.2) is 28.7 Å². The lowest BCUT2D eigenvalue weighted by molar-refractivity contribution is -0.131. The Morgan fingerprint density at radius 3 is 2.75 bits per heavy atom. The minimum absolute atomic E-state index is 0.0212. The molecule has 1 heterocycles. The van der Waals surface area contributed by atoms with Gasteiger partial charge in [-0.2, -0.15) is 0 Å². The Morgan fingerprint density at radius 1 is 1.55 bits per heavy atom. The Labute approximate surface area is 128 Å². The maximum absolute atomic E-state index is 12.4. The first-order valence-electron chi connectivity index (χ1n) is 6.80. The van der Waals surface area contributed by atoms with Gasteiger partial charge in [-0.25, -0.2) is 0 Å². The van der Waals surface area contributed by atoms with Gasteiger partial charge in [-0.05, 0) is 38.0 Å². The molecule has 4 nitrogen and oxygen atoms in total. The standard InChI is InChI=1S/C15H21BrN2O2/c1-10(7-11-3-5-12(16)6-4-11)18-14(19)15(2)9-20-8-13(15)17/h3-6,10,13H,7-9,17H2,1-2H3,(H,18,19). The molecule has 1 aliphatic heterocycles. The van der Waals surface area contributed by atoms with Crippen LogP contribution in [0.3, 0.4) is 0 Å². The minimum atomic E-state index is -0.617. The van der Waals surface area contributed by atoms with Gasteiger partial charge in [-0.3, -0.25) is 4.79 Å². The SMILES string of the molecule is CC(Cc1ccc(Br)cc1)NC(=O)C1(C)COCC1N. The summed E-state index contributed by atoms with van der Waals surface area (Å²) in [7, 11) is 0. The molecule has 110 valence electrons. The van der Waals surface area contributed by atoms with Crippen molar-refractivity contribution in [2.45, 2.75) is 32.4 Å². The Balaban J connectivity index is 1.92. The van der Waals surface area contributed by atoms with E-state index < -0.39 is 5.41 Å². The van der Waals surface area contributed by atoms with Crippen molar-refractivity contribution < 1.29 is 9.53 Å². The molecule has 5 heteroatoms. The summed E-state index contributed by atoms with van der Waals surface area (Å²) < 4.78 is 6.37. The van der Waals surface area contributed by atoms with Crippen molar-refractivity contribution >= 4 is 21.8 Å². The van der Waals surface area contributed by atoms with Crippen molar-refractivity contribution in [1.29, 1.82) is 0 Å². The summed E-state index contributed by atoms with van der Waals surface area (Å²) in [6.07, 6.45) is 0.797. The lowest BCUT2D eigenvalue weighted by Crippen LogP contribution is -2.52. The van der Waals surface area contributed by atoms with E-state index in [1.54, 1.807) is 0 Å². The van der Waals surface area contributed by atoms with E-state index in [-0.39, 0.29) is 18.0 Å². The number of nitrogens with two attached hydrogens (primary N) is 1. The topological polar surface area (TPSA) is 64.3 Å². The molecule has 3 unspecified atom stereocenters. The van der Waals surface area contributed by atoms with Crippen LogP contribution in [0.2, 0.25) is 0 Å². The smallest absolute Gasteiger partial charge is 0.230 e. The van der Waals surface area contributed by atoms with Crippen LogP contribution in [0, 0.1) is 5.41 Å². The number of hydrogen-bond donors (Lipinski definition) is 2. The summed E-state index contributed by atoms with van der Waals surface area (Å²) in [6.45, 7) is 4.72. The largest absolute Gasteiger partial charge is 0.379 e. The monoisotopic (exact) mass is 340 g/mol. The number of halogens is 1. The fraction of sp³-hybridized carbons (Fsp3) is 0.533. The molecule has 2 rings (SSSR count). The van der Waals surface area contributed by atoms with Gasteiger partial charge in [-0.15, -0.1) is 0 Å². The number of rotatable bonds is 4. The van der Waals surface area contributed by atoms with Crippen molar-refractivity contribution in [2.24, 2.45) is 11.1 Å². The third-order valence-corrected chi connectivity index (χ3v) is 4.40. The third kappa shape index (κ3) is 3.40. The molecule has 0 aromatic heterocycles. The van der Waals surface area contributed by atoms with Crippen LogP contribution in [-0.4, -0.2) is 31.2 Å². The molecule has 1 saturated heterocycles. The Hall–Kier alpha value is -0.910. The maximum Gasteiger partial charge on any atom is 0.230 e. The van der Waals surface area contributed by atoms with Crippen molar-refractivity contribution in [1.82, 2.24) is 5.32 Å². The average molecular weight is 341 g/mol. The molecule has 3 atom stereocenters. The van der Waals surface area contributed by atoms with Gasteiger partial charge in [0.15, 0.2) is 0 Å². The quantitative estimate of drug-likeness (QED) is 0.879. The molecule has 0 radical (unpaired) electrons. The van der Waals surface area contributed by atoms with Gasteiger partial charge in [0.05, 0.1) is 18.6 Å². The molecule has 0 saturated carbocycles. The van der Waals surface area contributed by atoms with Gasteiger partial charge in [0, 0.05) is 16.6 Å². The van der Waals surface area contributed by atoms with Crippen LogP contribution in [0.25, 0.3) is 0 Å². The van der Waals surface area contributed by atoms with Gasteiger partial charge in [0.2, 0.25) is 5.91 Å². The van der Waals surface area contributed by atoms with E-state index in [0.29, 0.717) is 13.2 Å². The zero-order valence-electron chi connectivity index (χ0n) is 11.9. The van der Waals surface area contributed by atoms with Gasteiger partial charge >= 0.3 is 0 Å². The summed E-state index contributed by atoms with van der Waals surface area (Å²) in [6, 6.07) is 7.95. The first-order valence-corrected chi connectivity index (χ1v) is 7.60. The summed E-state index contributed by atoms with van der Waals surface area (Å²) in [5, 5.41) is 3.05. The summed E-state index contributed by atoms with van der Waals surface area (Å²) in [5.74, 6) is -0.0212. The molecular weight excluding hydrogens is 320 g/mol. The molecule has 1 fully saturated rings. The number of benzene rings is 1. The highest BCUT2D eigenvalue weighted by molar-refractivity contribution is 9.10. The van der Waals surface area contributed by atoms with Gasteiger partial charge in [-0.1, -0.05) is 28.1 Å². The predicted octanol–water partition coefficient (Wildman–Crippen LogP) is 1.86. The number of ether oxygens (including phenoxy) is 1. The summed E-state index contributed by atoms with van der Waals surface area (Å²) >= 11 is 3.41. The van der Waals surface area contributed by atoms with E-state index in [2.05, 4.69) is 33.4 Å². The first-order chi connectivity index (χ1) is 9.41. The fourth-order valence-electron chi connectivity index (χ4n) is 2.34. The zero-order valence-corrected chi connectivity index (χ0v) is 13.4. The van der Waals surface area contributed by atoms with Crippen molar-refractivity contribution in [3.8, 4) is 0 Å². The number of nitrogens with one attached hydrogen (secondary N) is 1. The maximum atomic E-state index is 12.4. The van der Waals surface area contributed by atoms with E-state index in [0.717, 1.165) is 10.9 Å². The molecule has 0 aliphatic carbocycles. The van der Waals surface area contributed by atoms with Crippen LogP contribution in [0.1, 0.15) is 19.4 Å². The van der Waals surface area contributed by atoms with Crippen LogP contribution >= 0.6 is 15.9 Å². The van der Waals surface area contributed by atoms with Gasteiger partial charge < -0.3 is 15.8 Å². The second-order valence-electron chi connectivity index (χ2n) is 5.74. The summed E-state index contributed by atoms with van der Waals surface area (Å²) in [4.78, 5) is 12.4. The zero-order chi connectivity index (χ0) is 14.8. The summed E-state index contributed by atoms with van der Waals surface area (Å²) in [5.41, 5.74) is 6.54. The van der Waals surface area contributed by atoms with Crippen LogP contribution < -0.4 is 11.1 Å². The van der Waals surface area contributed by atoms with Crippen LogP contribution in [0.5, 0.6) is 0 Å². The van der Waals surface area contributed by atoms with Crippen LogP contribution in [0.4, 0.5) is 0 Å². The highest BCUT2D eigenvalue weighted by atomic mass is 79.9. The molecule has 0 spiro atoms. The second kappa shape index (κ2) is 6.24. The van der Waals surface area contributed by atoms with E-state index in [9.17, 15) is 4.79 Å². The van der Waals surface area contributed by atoms with E-state index >= 15 is 0 Å². The molecular formula is C15H21BrN2O2.